The maximum atomic E-state index is 13.7. The second kappa shape index (κ2) is 15.3. The van der Waals surface area contributed by atoms with Crippen molar-refractivity contribution in [2.24, 2.45) is 0 Å². The summed E-state index contributed by atoms with van der Waals surface area (Å²) in [5, 5.41) is 14.3. The van der Waals surface area contributed by atoms with Crippen molar-refractivity contribution in [1.29, 1.82) is 0 Å². The fourth-order valence-corrected chi connectivity index (χ4v) is 7.85. The molecule has 11 heteroatoms. The fraction of sp³-hybridized carbons (Fsp3) is 0.250. The number of aromatic nitrogens is 2. The molecular formula is C44H42N4O6S. The van der Waals surface area contributed by atoms with Crippen LogP contribution in [-0.2, 0) is 34.3 Å². The molecule has 1 aliphatic heterocycles. The Morgan fingerprint density at radius 2 is 1.71 bits per heavy atom. The summed E-state index contributed by atoms with van der Waals surface area (Å²) < 4.78 is 12.1. The standard InChI is InChI=1S/C44H42N4O6S/c1-26-30(11-9-14-35(26)54-29-19-16-27(17-20-29)18-21-38(49)53-5)39-33(44(2,3)4)24-37(46-40(39)42(51)52)48-23-22-28-10-8-12-31(32(28)25-48)41(50)47-43-45-34-13-6-7-15-36(34)55-43/h6-17,19-20,24H,18,21-23,25H2,1-5H3,(H,51,52)(H,45,47,50). The Balaban J connectivity index is 1.20. The van der Waals surface area contributed by atoms with Crippen LogP contribution in [0.15, 0.2) is 91.0 Å². The first-order chi connectivity index (χ1) is 26.4. The van der Waals surface area contributed by atoms with E-state index in [0.717, 1.165) is 38.0 Å². The Morgan fingerprint density at radius 1 is 0.945 bits per heavy atom. The first kappa shape index (κ1) is 37.3. The van der Waals surface area contributed by atoms with Crippen molar-refractivity contribution in [3.05, 3.63) is 130 Å². The number of hydrogen-bond acceptors (Lipinski definition) is 9. The molecule has 0 unspecified atom stereocenters. The lowest BCUT2D eigenvalue weighted by Crippen LogP contribution is -2.33. The second-order valence-corrected chi connectivity index (χ2v) is 15.6. The van der Waals surface area contributed by atoms with Gasteiger partial charge in [-0.15, -0.1) is 0 Å². The van der Waals surface area contributed by atoms with Crippen LogP contribution in [0.25, 0.3) is 21.3 Å². The molecule has 1 amide bonds. The van der Waals surface area contributed by atoms with Crippen LogP contribution in [0.2, 0.25) is 0 Å². The van der Waals surface area contributed by atoms with Crippen molar-refractivity contribution in [2.45, 2.75) is 58.9 Å². The van der Waals surface area contributed by atoms with Crippen LogP contribution < -0.4 is 15.0 Å². The summed E-state index contributed by atoms with van der Waals surface area (Å²) in [4.78, 5) is 49.9. The van der Waals surface area contributed by atoms with E-state index in [1.54, 1.807) is 0 Å². The molecular weight excluding hydrogens is 713 g/mol. The summed E-state index contributed by atoms with van der Waals surface area (Å²) >= 11 is 1.43. The number of carbonyl (C=O) groups is 3. The summed E-state index contributed by atoms with van der Waals surface area (Å²) in [6.07, 6.45) is 1.52. The number of esters is 1. The number of carbonyl (C=O) groups excluding carboxylic acids is 2. The van der Waals surface area contributed by atoms with Crippen molar-refractivity contribution in [2.75, 3.05) is 23.9 Å². The van der Waals surface area contributed by atoms with Gasteiger partial charge in [-0.2, -0.15) is 0 Å². The summed E-state index contributed by atoms with van der Waals surface area (Å²) in [6, 6.07) is 28.7. The molecule has 3 heterocycles. The molecule has 2 aromatic heterocycles. The number of fused-ring (bicyclic) bond motifs is 2. The maximum absolute atomic E-state index is 13.7. The van der Waals surface area contributed by atoms with E-state index in [2.05, 4.69) is 36.0 Å². The highest BCUT2D eigenvalue weighted by atomic mass is 32.1. The van der Waals surface area contributed by atoms with Gasteiger partial charge in [0.2, 0.25) is 0 Å². The fourth-order valence-electron chi connectivity index (χ4n) is 6.99. The summed E-state index contributed by atoms with van der Waals surface area (Å²) in [6.45, 7) is 9.11. The predicted molar refractivity (Wildman–Crippen MR) is 216 cm³/mol. The van der Waals surface area contributed by atoms with Gasteiger partial charge >= 0.3 is 11.9 Å². The van der Waals surface area contributed by atoms with Crippen LogP contribution in [0, 0.1) is 6.92 Å². The molecule has 0 saturated heterocycles. The van der Waals surface area contributed by atoms with Crippen molar-refractivity contribution in [3.8, 4) is 22.6 Å². The number of carboxylic acids is 1. The highest BCUT2D eigenvalue weighted by Crippen LogP contribution is 2.42. The lowest BCUT2D eigenvalue weighted by Gasteiger charge is -2.33. The number of nitrogens with one attached hydrogen (secondary N) is 1. The molecule has 4 aromatic carbocycles. The molecule has 0 fully saturated rings. The molecule has 1 aliphatic rings. The van der Waals surface area contributed by atoms with E-state index in [-0.39, 0.29) is 17.6 Å². The number of pyridine rings is 1. The number of benzene rings is 4. The number of para-hydroxylation sites is 1. The molecule has 0 atom stereocenters. The maximum Gasteiger partial charge on any atom is 0.355 e. The first-order valence-corrected chi connectivity index (χ1v) is 19.0. The predicted octanol–water partition coefficient (Wildman–Crippen LogP) is 9.38. The topological polar surface area (TPSA) is 131 Å². The van der Waals surface area contributed by atoms with Gasteiger partial charge in [-0.05, 0) is 101 Å². The number of aromatic carboxylic acids is 1. The summed E-state index contributed by atoms with van der Waals surface area (Å²) in [5.74, 6) is 0.101. The Kier molecular flexibility index (Phi) is 10.4. The number of hydrogen-bond donors (Lipinski definition) is 2. The van der Waals surface area contributed by atoms with Gasteiger partial charge in [0.05, 0.1) is 17.3 Å². The molecule has 6 aromatic rings. The van der Waals surface area contributed by atoms with Crippen LogP contribution >= 0.6 is 11.3 Å². The van der Waals surface area contributed by atoms with Crippen molar-refractivity contribution < 1.29 is 29.0 Å². The lowest BCUT2D eigenvalue weighted by molar-refractivity contribution is -0.140. The highest BCUT2D eigenvalue weighted by molar-refractivity contribution is 7.22. The molecule has 7 rings (SSSR count). The minimum atomic E-state index is -1.14. The lowest BCUT2D eigenvalue weighted by atomic mass is 9.80. The number of anilines is 2. The van der Waals surface area contributed by atoms with Crippen LogP contribution in [0.4, 0.5) is 10.9 Å². The molecule has 0 spiro atoms. The van der Waals surface area contributed by atoms with Crippen LogP contribution in [0.3, 0.4) is 0 Å². The Morgan fingerprint density at radius 3 is 2.44 bits per heavy atom. The number of rotatable bonds is 10. The molecule has 0 bridgehead atoms. The van der Waals surface area contributed by atoms with Crippen LogP contribution in [-0.4, -0.2) is 46.6 Å². The first-order valence-electron chi connectivity index (χ1n) is 18.1. The number of amides is 1. The third-order valence-electron chi connectivity index (χ3n) is 9.92. The second-order valence-electron chi connectivity index (χ2n) is 14.6. The van der Waals surface area contributed by atoms with Gasteiger partial charge < -0.3 is 19.5 Å². The minimum Gasteiger partial charge on any atom is -0.476 e. The minimum absolute atomic E-state index is 0.0507. The molecule has 0 radical (unpaired) electrons. The van der Waals surface area contributed by atoms with Gasteiger partial charge in [-0.25, -0.2) is 14.8 Å². The summed E-state index contributed by atoms with van der Waals surface area (Å²) in [7, 11) is 1.38. The Hall–Kier alpha value is -6.07. The SMILES string of the molecule is COC(=O)CCc1ccc(Oc2cccc(-c3c(C(C)(C)C)cc(N4CCc5cccc(C(=O)Nc6nc7ccccc7s6)c5C4)nc3C(=O)O)c2C)cc1. The third-order valence-corrected chi connectivity index (χ3v) is 10.9. The van der Waals surface area contributed by atoms with E-state index in [4.69, 9.17) is 14.5 Å². The van der Waals surface area contributed by atoms with E-state index >= 15 is 0 Å². The van der Waals surface area contributed by atoms with Gasteiger partial charge in [-0.1, -0.05) is 80.6 Å². The van der Waals surface area contributed by atoms with E-state index in [1.165, 1.54) is 18.4 Å². The average molecular weight is 755 g/mol. The smallest absolute Gasteiger partial charge is 0.355 e. The molecule has 2 N–H and O–H groups in total. The van der Waals surface area contributed by atoms with E-state index in [9.17, 15) is 19.5 Å². The number of carboxylic acid groups (broad SMARTS) is 1. The van der Waals surface area contributed by atoms with Crippen molar-refractivity contribution in [1.82, 2.24) is 9.97 Å². The number of aryl methyl sites for hydroxylation is 1. The molecule has 10 nitrogen and oxygen atoms in total. The Bertz CT molecular complexity index is 2400. The average Bonchev–Trinajstić information content (AvgIpc) is 3.59. The highest BCUT2D eigenvalue weighted by Gasteiger charge is 2.31. The molecule has 0 saturated carbocycles. The van der Waals surface area contributed by atoms with Crippen molar-refractivity contribution in [3.63, 3.8) is 0 Å². The van der Waals surface area contributed by atoms with E-state index < -0.39 is 11.4 Å². The third kappa shape index (κ3) is 7.93. The zero-order chi connectivity index (χ0) is 38.9. The zero-order valence-electron chi connectivity index (χ0n) is 31.4. The normalized spacial score (nSPS) is 12.6. The molecule has 0 aliphatic carbocycles. The monoisotopic (exact) mass is 754 g/mol. The van der Waals surface area contributed by atoms with Gasteiger partial charge in [-0.3, -0.25) is 14.9 Å². The molecule has 55 heavy (non-hydrogen) atoms. The number of nitrogens with zero attached hydrogens (tertiary/aromatic N) is 3. The van der Waals surface area contributed by atoms with Crippen LogP contribution in [0.1, 0.15) is 75.9 Å². The van der Waals surface area contributed by atoms with Gasteiger partial charge in [0.25, 0.3) is 5.91 Å². The Labute approximate surface area is 323 Å². The van der Waals surface area contributed by atoms with Crippen molar-refractivity contribution >= 4 is 50.3 Å². The summed E-state index contributed by atoms with van der Waals surface area (Å²) in [5.41, 5.74) is 6.66. The van der Waals surface area contributed by atoms with Gasteiger partial charge in [0.1, 0.15) is 17.3 Å². The van der Waals surface area contributed by atoms with Gasteiger partial charge in [0, 0.05) is 30.6 Å². The van der Waals surface area contributed by atoms with E-state index in [1.807, 2.05) is 97.9 Å². The van der Waals surface area contributed by atoms with Crippen LogP contribution in [0.5, 0.6) is 11.5 Å². The largest absolute Gasteiger partial charge is 0.476 e. The number of ether oxygens (including phenoxy) is 2. The zero-order valence-corrected chi connectivity index (χ0v) is 32.3. The number of thiazole rings is 1. The molecule has 280 valence electrons. The van der Waals surface area contributed by atoms with Gasteiger partial charge in [0.15, 0.2) is 10.8 Å². The van der Waals surface area contributed by atoms with E-state index in [0.29, 0.717) is 71.5 Å². The quantitative estimate of drug-likeness (QED) is 0.131. The number of methoxy groups -OCH3 is 1.